The van der Waals surface area contributed by atoms with Crippen LogP contribution in [0.25, 0.3) is 6.08 Å². The molecule has 1 fully saturated rings. The Hall–Kier alpha value is -3.35. The molecule has 0 unspecified atom stereocenters. The van der Waals surface area contributed by atoms with E-state index < -0.39 is 0 Å². The van der Waals surface area contributed by atoms with Gasteiger partial charge >= 0.3 is 0 Å². The third kappa shape index (κ3) is 4.77. The minimum absolute atomic E-state index is 0.138. The number of hydrogen-bond acceptors (Lipinski definition) is 6. The standard InChI is InChI=1S/C26H29N5O/c1-4-19-16-29-25(31-24(19)30-22-7-8-23(32)26(2,3)14-22)28-10-9-17-11-20-6-5-18(15-27)13-21(20)12-17/h1,5-6,12-13,16,22-23,32H,7-11,14H2,2-3H3,(H2,28,29,30,31)/t22-,23+/m1/s1. The van der Waals surface area contributed by atoms with E-state index in [0.717, 1.165) is 37.7 Å². The monoisotopic (exact) mass is 427 g/mol. The largest absolute Gasteiger partial charge is 0.393 e. The molecule has 0 aliphatic heterocycles. The second-order valence-corrected chi connectivity index (χ2v) is 9.41. The highest BCUT2D eigenvalue weighted by Crippen LogP contribution is 2.37. The molecule has 32 heavy (non-hydrogen) atoms. The lowest BCUT2D eigenvalue weighted by molar-refractivity contribution is 0.00926. The molecule has 1 aromatic carbocycles. The van der Waals surface area contributed by atoms with Gasteiger partial charge in [-0.15, -0.1) is 6.42 Å². The quantitative estimate of drug-likeness (QED) is 0.601. The number of nitrogens with one attached hydrogen (secondary N) is 2. The van der Waals surface area contributed by atoms with Crippen LogP contribution >= 0.6 is 0 Å². The molecule has 0 bridgehead atoms. The van der Waals surface area contributed by atoms with E-state index in [2.05, 4.69) is 52.5 Å². The van der Waals surface area contributed by atoms with Gasteiger partial charge in [0.1, 0.15) is 5.82 Å². The van der Waals surface area contributed by atoms with Crippen LogP contribution in [0.4, 0.5) is 11.8 Å². The van der Waals surface area contributed by atoms with Crippen LogP contribution in [0.15, 0.2) is 30.0 Å². The van der Waals surface area contributed by atoms with Crippen molar-refractivity contribution in [2.45, 2.75) is 58.1 Å². The summed E-state index contributed by atoms with van der Waals surface area (Å²) in [5, 5.41) is 26.1. The van der Waals surface area contributed by atoms with Crippen LogP contribution in [0.5, 0.6) is 0 Å². The zero-order chi connectivity index (χ0) is 22.7. The van der Waals surface area contributed by atoms with E-state index in [9.17, 15) is 5.11 Å². The highest BCUT2D eigenvalue weighted by molar-refractivity contribution is 5.65. The molecular formula is C26H29N5O. The van der Waals surface area contributed by atoms with E-state index in [-0.39, 0.29) is 17.6 Å². The Morgan fingerprint density at radius 2 is 2.16 bits per heavy atom. The number of aliphatic hydroxyl groups excluding tert-OH is 1. The van der Waals surface area contributed by atoms with Gasteiger partial charge in [-0.05, 0) is 60.8 Å². The Morgan fingerprint density at radius 1 is 1.31 bits per heavy atom. The molecule has 4 rings (SSSR count). The topological polar surface area (TPSA) is 93.9 Å². The summed E-state index contributed by atoms with van der Waals surface area (Å²) in [4.78, 5) is 9.01. The maximum absolute atomic E-state index is 10.2. The van der Waals surface area contributed by atoms with Crippen molar-refractivity contribution in [3.8, 4) is 18.4 Å². The summed E-state index contributed by atoms with van der Waals surface area (Å²) in [6.07, 6.45) is 13.5. The number of rotatable bonds is 6. The van der Waals surface area contributed by atoms with Crippen LogP contribution in [-0.2, 0) is 6.42 Å². The minimum Gasteiger partial charge on any atom is -0.393 e. The molecule has 0 radical (unpaired) electrons. The predicted octanol–water partition coefficient (Wildman–Crippen LogP) is 4.12. The highest BCUT2D eigenvalue weighted by Gasteiger charge is 2.35. The zero-order valence-corrected chi connectivity index (χ0v) is 18.7. The summed E-state index contributed by atoms with van der Waals surface area (Å²) in [6, 6.07) is 8.26. The average molecular weight is 428 g/mol. The van der Waals surface area contributed by atoms with Crippen LogP contribution in [0.3, 0.4) is 0 Å². The summed E-state index contributed by atoms with van der Waals surface area (Å²) in [7, 11) is 0. The smallest absolute Gasteiger partial charge is 0.224 e. The molecule has 2 atom stereocenters. The number of anilines is 2. The number of nitrogens with zero attached hydrogens (tertiary/aromatic N) is 3. The fourth-order valence-corrected chi connectivity index (χ4v) is 4.59. The van der Waals surface area contributed by atoms with Gasteiger partial charge in [-0.3, -0.25) is 0 Å². The summed E-state index contributed by atoms with van der Waals surface area (Å²) in [5.41, 5.74) is 4.92. The Kier molecular flexibility index (Phi) is 6.17. The van der Waals surface area contributed by atoms with Crippen molar-refractivity contribution < 1.29 is 5.11 Å². The maximum Gasteiger partial charge on any atom is 0.224 e. The maximum atomic E-state index is 10.2. The molecule has 0 amide bonds. The van der Waals surface area contributed by atoms with Gasteiger partial charge in [-0.25, -0.2) is 4.98 Å². The van der Waals surface area contributed by atoms with Gasteiger partial charge < -0.3 is 15.7 Å². The lowest BCUT2D eigenvalue weighted by Gasteiger charge is -2.40. The molecule has 2 aliphatic rings. The normalized spacial score (nSPS) is 21.1. The molecule has 1 heterocycles. The predicted molar refractivity (Wildman–Crippen MR) is 127 cm³/mol. The molecule has 1 saturated carbocycles. The second kappa shape index (κ2) is 9.02. The minimum atomic E-state index is -0.280. The summed E-state index contributed by atoms with van der Waals surface area (Å²) in [6.45, 7) is 4.90. The molecule has 6 nitrogen and oxygen atoms in total. The van der Waals surface area contributed by atoms with Gasteiger partial charge in [0.25, 0.3) is 0 Å². The van der Waals surface area contributed by atoms with E-state index in [1.54, 1.807) is 6.20 Å². The first-order chi connectivity index (χ1) is 15.4. The van der Waals surface area contributed by atoms with Gasteiger partial charge in [-0.2, -0.15) is 10.2 Å². The number of nitriles is 1. The molecule has 164 valence electrons. The van der Waals surface area contributed by atoms with Crippen LogP contribution in [0.2, 0.25) is 0 Å². The van der Waals surface area contributed by atoms with Gasteiger partial charge in [-0.1, -0.05) is 37.5 Å². The molecule has 3 N–H and O–H groups in total. The fraction of sp³-hybridized carbons (Fsp3) is 0.423. The Balaban J connectivity index is 1.37. The van der Waals surface area contributed by atoms with Crippen LogP contribution in [0, 0.1) is 29.1 Å². The van der Waals surface area contributed by atoms with Gasteiger partial charge in [0.2, 0.25) is 5.95 Å². The number of fused-ring (bicyclic) bond motifs is 1. The van der Waals surface area contributed by atoms with Crippen molar-refractivity contribution in [2.24, 2.45) is 5.41 Å². The Labute approximate surface area is 189 Å². The summed E-state index contributed by atoms with van der Waals surface area (Å²) in [5.74, 6) is 3.88. The Morgan fingerprint density at radius 3 is 2.91 bits per heavy atom. The SMILES string of the molecule is C#Cc1cnc(NCCC2=Cc3cc(C#N)ccc3C2)nc1N[C@@H]1CC[C@H](O)C(C)(C)C1. The van der Waals surface area contributed by atoms with E-state index in [1.807, 2.05) is 18.2 Å². The van der Waals surface area contributed by atoms with Crippen molar-refractivity contribution >= 4 is 17.8 Å². The lowest BCUT2D eigenvalue weighted by Crippen LogP contribution is -2.41. The van der Waals surface area contributed by atoms with Crippen molar-refractivity contribution in [3.05, 3.63) is 52.2 Å². The van der Waals surface area contributed by atoms with Crippen LogP contribution < -0.4 is 10.6 Å². The summed E-state index contributed by atoms with van der Waals surface area (Å²) >= 11 is 0. The first-order valence-corrected chi connectivity index (χ1v) is 11.1. The van der Waals surface area contributed by atoms with Gasteiger partial charge in [0, 0.05) is 12.6 Å². The van der Waals surface area contributed by atoms with Crippen molar-refractivity contribution in [1.82, 2.24) is 9.97 Å². The molecule has 6 heteroatoms. The average Bonchev–Trinajstić information content (AvgIpc) is 3.18. The van der Waals surface area contributed by atoms with Gasteiger partial charge in [0.05, 0.1) is 29.5 Å². The molecule has 2 aromatic rings. The van der Waals surface area contributed by atoms with Crippen LogP contribution in [0.1, 0.15) is 61.8 Å². The number of aromatic nitrogens is 2. The van der Waals surface area contributed by atoms with E-state index >= 15 is 0 Å². The highest BCUT2D eigenvalue weighted by atomic mass is 16.3. The molecular weight excluding hydrogens is 398 g/mol. The first kappa shape index (κ1) is 21.9. The van der Waals surface area contributed by atoms with Crippen molar-refractivity contribution in [2.75, 3.05) is 17.2 Å². The number of terminal acetylenes is 1. The van der Waals surface area contributed by atoms with Gasteiger partial charge in [0.15, 0.2) is 0 Å². The Bertz CT molecular complexity index is 1120. The zero-order valence-electron chi connectivity index (χ0n) is 18.7. The number of benzene rings is 1. The number of aliphatic hydroxyl groups is 1. The molecule has 2 aliphatic carbocycles. The third-order valence-electron chi connectivity index (χ3n) is 6.53. The molecule has 0 saturated heterocycles. The lowest BCUT2D eigenvalue weighted by atomic mass is 9.73. The fourth-order valence-electron chi connectivity index (χ4n) is 4.59. The van der Waals surface area contributed by atoms with E-state index in [0.29, 0.717) is 29.4 Å². The van der Waals surface area contributed by atoms with Crippen molar-refractivity contribution in [3.63, 3.8) is 0 Å². The van der Waals surface area contributed by atoms with E-state index in [4.69, 9.17) is 11.7 Å². The molecule has 1 aromatic heterocycles. The second-order valence-electron chi connectivity index (χ2n) is 9.41. The summed E-state index contributed by atoms with van der Waals surface area (Å²) < 4.78 is 0. The van der Waals surface area contributed by atoms with E-state index in [1.165, 1.54) is 11.1 Å². The molecule has 0 spiro atoms. The third-order valence-corrected chi connectivity index (χ3v) is 6.53. The first-order valence-electron chi connectivity index (χ1n) is 11.1. The van der Waals surface area contributed by atoms with Crippen molar-refractivity contribution in [1.29, 1.82) is 5.26 Å². The van der Waals surface area contributed by atoms with Crippen LogP contribution in [-0.4, -0.2) is 33.8 Å². The number of hydrogen-bond donors (Lipinski definition) is 3.